The van der Waals surface area contributed by atoms with E-state index in [9.17, 15) is 0 Å². The minimum Gasteiger partial charge on any atom is -0.0656 e. The van der Waals surface area contributed by atoms with Crippen LogP contribution in [0, 0.1) is 82.9 Å². The van der Waals surface area contributed by atoms with E-state index in [0.717, 1.165) is 82.9 Å². The molecule has 0 radical (unpaired) electrons. The summed E-state index contributed by atoms with van der Waals surface area (Å²) in [7, 11) is 0. The molecule has 0 aromatic rings. The molecule has 0 amide bonds. The lowest BCUT2D eigenvalue weighted by Gasteiger charge is -2.33. The van der Waals surface area contributed by atoms with Gasteiger partial charge in [-0.25, -0.2) is 0 Å². The maximum absolute atomic E-state index is 2.39. The fourth-order valence-corrected chi connectivity index (χ4v) is 14.4. The predicted octanol–water partition coefficient (Wildman–Crippen LogP) is 34.4. The van der Waals surface area contributed by atoms with Crippen molar-refractivity contribution in [2.45, 2.75) is 496 Å². The minimum absolute atomic E-state index is 0.986. The van der Waals surface area contributed by atoms with Gasteiger partial charge in [0.1, 0.15) is 0 Å². The van der Waals surface area contributed by atoms with Gasteiger partial charge in [-0.2, -0.15) is 0 Å². The summed E-state index contributed by atoms with van der Waals surface area (Å²) in [5, 5.41) is 0. The highest BCUT2D eigenvalue weighted by atomic mass is 14.3. The summed E-state index contributed by atoms with van der Waals surface area (Å²) in [5.74, 6) is 14.1. The third-order valence-electron chi connectivity index (χ3n) is 22.8. The van der Waals surface area contributed by atoms with Gasteiger partial charge in [0.25, 0.3) is 0 Å². The smallest absolute Gasteiger partial charge is 0.0412 e. The van der Waals surface area contributed by atoms with Crippen molar-refractivity contribution in [3.05, 3.63) is 0 Å². The quantitative estimate of drug-likeness (QED) is 0.0541. The molecule has 0 nitrogen and oxygen atoms in total. The van der Waals surface area contributed by atoms with Crippen molar-refractivity contribution in [3.8, 4) is 0 Å². The molecule has 0 aromatic heterocycles. The molecule has 0 aliphatic heterocycles. The average Bonchev–Trinajstić information content (AvgIpc) is 3.70. The Bertz CT molecular complexity index is 1030. The highest BCUT2D eigenvalue weighted by Gasteiger charge is 2.26. The summed E-state index contributed by atoms with van der Waals surface area (Å²) < 4.78 is 0. The molecule has 89 heavy (non-hydrogen) atoms. The molecular weight excluding hydrogens is 1070 g/mol. The third kappa shape index (κ3) is 70.6. The fraction of sp³-hybridized carbons (Fsp3) is 1.00. The van der Waals surface area contributed by atoms with Crippen LogP contribution in [0.2, 0.25) is 0 Å². The Morgan fingerprint density at radius 2 is 0.416 bits per heavy atom. The second-order valence-electron chi connectivity index (χ2n) is 29.7. The molecule has 2 fully saturated rings. The second kappa shape index (κ2) is 84.1. The summed E-state index contributed by atoms with van der Waals surface area (Å²) in [5.41, 5.74) is 0. The van der Waals surface area contributed by atoms with Gasteiger partial charge < -0.3 is 0 Å². The van der Waals surface area contributed by atoms with Crippen LogP contribution in [-0.4, -0.2) is 0 Å². The summed E-state index contributed by atoms with van der Waals surface area (Å²) >= 11 is 0. The Morgan fingerprint density at radius 3 is 0.607 bits per heavy atom. The van der Waals surface area contributed by atoms with Crippen LogP contribution in [-0.2, 0) is 0 Å². The maximum atomic E-state index is 2.39. The molecule has 2 rings (SSSR count). The molecule has 0 spiro atoms. The first kappa shape index (κ1) is 103. The molecule has 0 heteroatoms. The minimum atomic E-state index is 0.986. The highest BCUT2D eigenvalue weighted by molar-refractivity contribution is 4.78. The summed E-state index contributed by atoms with van der Waals surface area (Å²) in [4.78, 5) is 0. The van der Waals surface area contributed by atoms with Gasteiger partial charge in [-0.3, -0.25) is 0 Å². The number of hydrogen-bond donors (Lipinski definition) is 0. The van der Waals surface area contributed by atoms with Crippen LogP contribution in [0.3, 0.4) is 0 Å². The summed E-state index contributed by atoms with van der Waals surface area (Å²) in [6.45, 7) is 64.5. The van der Waals surface area contributed by atoms with Crippen molar-refractivity contribution in [1.82, 2.24) is 0 Å². The fourth-order valence-electron chi connectivity index (χ4n) is 14.4. The van der Waals surface area contributed by atoms with Crippen LogP contribution in [0.25, 0.3) is 0 Å². The molecule has 2 aliphatic rings. The van der Waals surface area contributed by atoms with Crippen LogP contribution in [0.5, 0.6) is 0 Å². The standard InChI is InChI=1S/C16H32.C14H28.2C13H28.C11H24.2C7H16.C5H12.C3H8/c1-5-13-9-14(6-2)11-16(8-4)12-15(7-3)10-13;1-4-12-8-7-9-13(5-2)11-14(6-3)10-12;1-5-12(6-2)10-9-11-13(7-3)8-4;1-5-9-10-13(8-4)11-12(6-2)7-3;1-5-10(6-2)9-11(7-3)8-4;1-4-7(5-2)6-3;1-3-5-7-6-4-2;1-3-5-4-2;1-3-2/h13-16H,5-12H2,1-4H3;12-14H,4-11H2,1-3H3;2*12-13H,5-11H2,1-4H3;10-11H,5-9H2,1-4H3;7H,4-6H2,1-3H3;3-7H2,1-2H3;3-5H2,1-2H3;3H2,1-2H3. The lowest BCUT2D eigenvalue weighted by molar-refractivity contribution is 0.183. The van der Waals surface area contributed by atoms with Crippen molar-refractivity contribution < 1.29 is 0 Å². The SMILES string of the molecule is CCC.CCC(CC)CC.CCC(CC)CC(CC)CC.CCC(CC)CCCC(CC)CC.CCC1CC(CC)CC(CC)CC(CC)C1.CCC1CCCC(CC)CC(CC)C1.CCCCC.CCCCC(CC)CC(CC)CC.CCCCCCC. The molecule has 3 unspecified atom stereocenters. The van der Waals surface area contributed by atoms with E-state index in [-0.39, 0.29) is 0 Å². The molecule has 0 N–H and O–H groups in total. The molecule has 548 valence electrons. The van der Waals surface area contributed by atoms with E-state index in [4.69, 9.17) is 0 Å². The first-order valence-corrected chi connectivity index (χ1v) is 42.9. The van der Waals surface area contributed by atoms with E-state index in [1.165, 1.54) is 302 Å². The zero-order valence-electron chi connectivity index (χ0n) is 69.3. The highest BCUT2D eigenvalue weighted by Crippen LogP contribution is 2.39. The molecule has 0 bridgehead atoms. The van der Waals surface area contributed by atoms with Crippen LogP contribution in [0.1, 0.15) is 496 Å². The summed E-state index contributed by atoms with van der Waals surface area (Å²) in [6.07, 6.45) is 66.5. The van der Waals surface area contributed by atoms with Gasteiger partial charge in [-0.1, -0.05) is 444 Å². The van der Waals surface area contributed by atoms with E-state index in [0.29, 0.717) is 0 Å². The lowest BCUT2D eigenvalue weighted by Crippen LogP contribution is -2.21. The first-order chi connectivity index (χ1) is 42.9. The van der Waals surface area contributed by atoms with Gasteiger partial charge in [0.15, 0.2) is 0 Å². The van der Waals surface area contributed by atoms with Gasteiger partial charge in [0.05, 0.1) is 0 Å². The van der Waals surface area contributed by atoms with E-state index in [1.54, 1.807) is 0 Å². The molecule has 2 saturated carbocycles. The van der Waals surface area contributed by atoms with E-state index in [2.05, 4.69) is 194 Å². The van der Waals surface area contributed by atoms with Crippen LogP contribution in [0.15, 0.2) is 0 Å². The van der Waals surface area contributed by atoms with Crippen molar-refractivity contribution in [3.63, 3.8) is 0 Å². The lowest BCUT2D eigenvalue weighted by atomic mass is 9.72. The molecule has 2 aliphatic carbocycles. The number of hydrogen-bond acceptors (Lipinski definition) is 0. The third-order valence-corrected chi connectivity index (χ3v) is 22.8. The monoisotopic (exact) mass is 1260 g/mol. The van der Waals surface area contributed by atoms with Crippen LogP contribution in [0.4, 0.5) is 0 Å². The Morgan fingerprint density at radius 1 is 0.202 bits per heavy atom. The van der Waals surface area contributed by atoms with Crippen LogP contribution < -0.4 is 0 Å². The molecule has 0 saturated heterocycles. The van der Waals surface area contributed by atoms with Crippen LogP contribution >= 0.6 is 0 Å². The Balaban J connectivity index is -0.000000175. The molecular formula is C89H192. The van der Waals surface area contributed by atoms with Gasteiger partial charge >= 0.3 is 0 Å². The van der Waals surface area contributed by atoms with Crippen molar-refractivity contribution in [1.29, 1.82) is 0 Å². The Kier molecular flexibility index (Phi) is 96.8. The summed E-state index contributed by atoms with van der Waals surface area (Å²) in [6, 6.07) is 0. The predicted molar refractivity (Wildman–Crippen MR) is 425 cm³/mol. The van der Waals surface area contributed by atoms with E-state index < -0.39 is 0 Å². The van der Waals surface area contributed by atoms with E-state index >= 15 is 0 Å². The number of rotatable bonds is 38. The largest absolute Gasteiger partial charge is 0.0656 e. The maximum Gasteiger partial charge on any atom is -0.0412 e. The Hall–Kier alpha value is 0. The van der Waals surface area contributed by atoms with Gasteiger partial charge in [0.2, 0.25) is 0 Å². The number of unbranched alkanes of at least 4 members (excludes halogenated alkanes) is 7. The van der Waals surface area contributed by atoms with Gasteiger partial charge in [-0.05, 0) is 134 Å². The van der Waals surface area contributed by atoms with Crippen molar-refractivity contribution in [2.75, 3.05) is 0 Å². The normalized spacial score (nSPS) is 19.4. The molecule has 0 aromatic carbocycles. The zero-order valence-corrected chi connectivity index (χ0v) is 69.3. The van der Waals surface area contributed by atoms with Crippen molar-refractivity contribution >= 4 is 0 Å². The topological polar surface area (TPSA) is 0 Å². The van der Waals surface area contributed by atoms with Crippen molar-refractivity contribution in [2.24, 2.45) is 82.9 Å². The van der Waals surface area contributed by atoms with Gasteiger partial charge in [-0.15, -0.1) is 0 Å². The Labute approximate surface area is 575 Å². The first-order valence-electron chi connectivity index (χ1n) is 42.9. The second-order valence-corrected chi connectivity index (χ2v) is 29.7. The molecule has 0 heterocycles. The van der Waals surface area contributed by atoms with E-state index in [1.807, 2.05) is 0 Å². The molecule has 3 atom stereocenters. The zero-order chi connectivity index (χ0) is 69.3. The average molecular weight is 1260 g/mol. The van der Waals surface area contributed by atoms with Gasteiger partial charge in [0, 0.05) is 0 Å².